The molecule has 1 rings (SSSR count). The van der Waals surface area contributed by atoms with Crippen LogP contribution in [0.2, 0.25) is 0 Å². The van der Waals surface area contributed by atoms with Crippen LogP contribution in [-0.2, 0) is 0 Å². The predicted octanol–water partition coefficient (Wildman–Crippen LogP) is 2.31. The highest BCUT2D eigenvalue weighted by Crippen LogP contribution is 2.31. The smallest absolute Gasteiger partial charge is 0.387 e. The Labute approximate surface area is 80.2 Å². The molecule has 0 aliphatic rings. The van der Waals surface area contributed by atoms with Gasteiger partial charge in [0.1, 0.15) is 5.75 Å². The topological polar surface area (TPSA) is 27.7 Å². The van der Waals surface area contributed by atoms with E-state index in [-0.39, 0.29) is 11.5 Å². The molecule has 0 fully saturated rings. The molecule has 0 heterocycles. The van der Waals surface area contributed by atoms with Gasteiger partial charge in [-0.3, -0.25) is 0 Å². The van der Waals surface area contributed by atoms with E-state index in [9.17, 15) is 8.78 Å². The molecule has 0 aliphatic carbocycles. The summed E-state index contributed by atoms with van der Waals surface area (Å²) >= 11 is 0. The fourth-order valence-corrected chi connectivity index (χ4v) is 0.968. The number of methoxy groups -OCH3 is 2. The van der Waals surface area contributed by atoms with Crippen molar-refractivity contribution in [2.45, 2.75) is 6.61 Å². The number of ether oxygens (including phenoxy) is 3. The van der Waals surface area contributed by atoms with Gasteiger partial charge in [-0.05, 0) is 12.1 Å². The van der Waals surface area contributed by atoms with E-state index < -0.39 is 6.61 Å². The molecule has 0 saturated carbocycles. The van der Waals surface area contributed by atoms with Gasteiger partial charge >= 0.3 is 6.61 Å². The fourth-order valence-electron chi connectivity index (χ4n) is 0.968. The summed E-state index contributed by atoms with van der Waals surface area (Å²) in [5, 5.41) is 0. The van der Waals surface area contributed by atoms with Crippen LogP contribution in [0.25, 0.3) is 0 Å². The Kier molecular flexibility index (Phi) is 3.50. The molecule has 0 saturated heterocycles. The molecule has 0 aromatic heterocycles. The molecular formula is C9H10F2O3. The molecule has 0 aliphatic heterocycles. The van der Waals surface area contributed by atoms with Crippen molar-refractivity contribution in [1.82, 2.24) is 0 Å². The first-order chi connectivity index (χ1) is 6.67. The average molecular weight is 204 g/mol. The van der Waals surface area contributed by atoms with E-state index in [4.69, 9.17) is 9.47 Å². The molecule has 0 unspecified atom stereocenters. The quantitative estimate of drug-likeness (QED) is 0.753. The van der Waals surface area contributed by atoms with Crippen LogP contribution in [0, 0.1) is 0 Å². The van der Waals surface area contributed by atoms with Gasteiger partial charge in [0.15, 0.2) is 11.5 Å². The molecule has 5 heteroatoms. The van der Waals surface area contributed by atoms with Crippen LogP contribution in [0.5, 0.6) is 17.2 Å². The molecular weight excluding hydrogens is 194 g/mol. The van der Waals surface area contributed by atoms with Gasteiger partial charge in [-0.15, -0.1) is 0 Å². The van der Waals surface area contributed by atoms with Crippen LogP contribution in [0.4, 0.5) is 8.78 Å². The van der Waals surface area contributed by atoms with Crippen molar-refractivity contribution in [2.75, 3.05) is 14.2 Å². The van der Waals surface area contributed by atoms with Gasteiger partial charge in [-0.25, -0.2) is 0 Å². The van der Waals surface area contributed by atoms with E-state index in [0.29, 0.717) is 5.75 Å². The third kappa shape index (κ3) is 2.48. The number of benzene rings is 1. The second kappa shape index (κ2) is 4.64. The monoisotopic (exact) mass is 204 g/mol. The highest BCUT2D eigenvalue weighted by atomic mass is 19.3. The first kappa shape index (κ1) is 10.6. The van der Waals surface area contributed by atoms with Crippen molar-refractivity contribution in [1.29, 1.82) is 0 Å². The molecule has 0 atom stereocenters. The van der Waals surface area contributed by atoms with Crippen molar-refractivity contribution >= 4 is 0 Å². The molecule has 14 heavy (non-hydrogen) atoms. The van der Waals surface area contributed by atoms with Crippen molar-refractivity contribution in [2.24, 2.45) is 0 Å². The maximum atomic E-state index is 11.9. The number of alkyl halides is 2. The van der Waals surface area contributed by atoms with Gasteiger partial charge in [0.05, 0.1) is 14.2 Å². The molecule has 0 amide bonds. The largest absolute Gasteiger partial charge is 0.497 e. The van der Waals surface area contributed by atoms with Crippen molar-refractivity contribution in [3.8, 4) is 17.2 Å². The van der Waals surface area contributed by atoms with E-state index in [2.05, 4.69) is 4.74 Å². The second-order valence-electron chi connectivity index (χ2n) is 2.40. The lowest BCUT2D eigenvalue weighted by atomic mass is 10.3. The van der Waals surface area contributed by atoms with Crippen molar-refractivity contribution in [3.05, 3.63) is 18.2 Å². The van der Waals surface area contributed by atoms with E-state index >= 15 is 0 Å². The Morgan fingerprint density at radius 3 is 2.29 bits per heavy atom. The van der Waals surface area contributed by atoms with E-state index in [1.54, 1.807) is 0 Å². The molecule has 1 aromatic carbocycles. The van der Waals surface area contributed by atoms with Crippen LogP contribution < -0.4 is 14.2 Å². The lowest BCUT2D eigenvalue weighted by Gasteiger charge is -2.10. The third-order valence-electron chi connectivity index (χ3n) is 1.59. The highest BCUT2D eigenvalue weighted by Gasteiger charge is 2.10. The molecule has 78 valence electrons. The number of hydrogen-bond acceptors (Lipinski definition) is 3. The van der Waals surface area contributed by atoms with Crippen molar-refractivity contribution < 1.29 is 23.0 Å². The lowest BCUT2D eigenvalue weighted by Crippen LogP contribution is -2.03. The second-order valence-corrected chi connectivity index (χ2v) is 2.40. The summed E-state index contributed by atoms with van der Waals surface area (Å²) in [6, 6.07) is 4.35. The van der Waals surface area contributed by atoms with Crippen LogP contribution in [-0.4, -0.2) is 20.8 Å². The molecule has 3 nitrogen and oxygen atoms in total. The SMILES string of the molecule is COc1ccc(OC(F)F)c(OC)c1. The summed E-state index contributed by atoms with van der Waals surface area (Å²) in [7, 11) is 2.84. The van der Waals surface area contributed by atoms with Gasteiger partial charge in [-0.1, -0.05) is 0 Å². The summed E-state index contributed by atoms with van der Waals surface area (Å²) in [5.74, 6) is 0.719. The Balaban J connectivity index is 2.93. The minimum absolute atomic E-state index is 0.0108. The van der Waals surface area contributed by atoms with Crippen molar-refractivity contribution in [3.63, 3.8) is 0 Å². The molecule has 0 N–H and O–H groups in total. The molecule has 0 bridgehead atoms. The van der Waals surface area contributed by atoms with E-state index in [1.807, 2.05) is 0 Å². The first-order valence-corrected chi connectivity index (χ1v) is 3.84. The van der Waals surface area contributed by atoms with Crippen LogP contribution in [0.15, 0.2) is 18.2 Å². The van der Waals surface area contributed by atoms with Crippen LogP contribution >= 0.6 is 0 Å². The first-order valence-electron chi connectivity index (χ1n) is 3.84. The minimum Gasteiger partial charge on any atom is -0.497 e. The minimum atomic E-state index is -2.86. The predicted molar refractivity (Wildman–Crippen MR) is 46.2 cm³/mol. The normalized spacial score (nSPS) is 10.1. The van der Waals surface area contributed by atoms with Crippen LogP contribution in [0.1, 0.15) is 0 Å². The van der Waals surface area contributed by atoms with E-state index in [1.165, 1.54) is 32.4 Å². The Hall–Kier alpha value is -1.52. The zero-order chi connectivity index (χ0) is 10.6. The molecule has 1 aromatic rings. The zero-order valence-electron chi connectivity index (χ0n) is 7.79. The maximum Gasteiger partial charge on any atom is 0.387 e. The average Bonchev–Trinajstić information content (AvgIpc) is 2.17. The molecule has 0 radical (unpaired) electrons. The Bertz CT molecular complexity index is 302. The molecule has 0 spiro atoms. The zero-order valence-corrected chi connectivity index (χ0v) is 7.79. The Morgan fingerprint density at radius 2 is 1.79 bits per heavy atom. The van der Waals surface area contributed by atoms with Gasteiger partial charge in [0, 0.05) is 6.07 Å². The van der Waals surface area contributed by atoms with Gasteiger partial charge in [0.25, 0.3) is 0 Å². The summed E-state index contributed by atoms with van der Waals surface area (Å²) in [6.07, 6.45) is 0. The standard InChI is InChI=1S/C9H10F2O3/c1-12-6-3-4-7(14-9(10)11)8(5-6)13-2/h3-5,9H,1-2H3. The maximum absolute atomic E-state index is 11.9. The van der Waals surface area contributed by atoms with Gasteiger partial charge < -0.3 is 14.2 Å². The third-order valence-corrected chi connectivity index (χ3v) is 1.59. The summed E-state index contributed by atoms with van der Waals surface area (Å²) < 4.78 is 37.8. The summed E-state index contributed by atoms with van der Waals surface area (Å²) in [4.78, 5) is 0. The van der Waals surface area contributed by atoms with Gasteiger partial charge in [-0.2, -0.15) is 8.78 Å². The highest BCUT2D eigenvalue weighted by molar-refractivity contribution is 5.45. The number of rotatable bonds is 4. The summed E-state index contributed by atoms with van der Waals surface area (Å²) in [5.41, 5.74) is 0. The van der Waals surface area contributed by atoms with Crippen LogP contribution in [0.3, 0.4) is 0 Å². The Morgan fingerprint density at radius 1 is 1.07 bits per heavy atom. The lowest BCUT2D eigenvalue weighted by molar-refractivity contribution is -0.0512. The number of halogens is 2. The van der Waals surface area contributed by atoms with Gasteiger partial charge in [0.2, 0.25) is 0 Å². The number of hydrogen-bond donors (Lipinski definition) is 0. The van der Waals surface area contributed by atoms with E-state index in [0.717, 1.165) is 0 Å². The fraction of sp³-hybridized carbons (Fsp3) is 0.333. The summed E-state index contributed by atoms with van der Waals surface area (Å²) in [6.45, 7) is -2.86.